The number of hydrogen-bond donors (Lipinski definition) is 1. The molecule has 1 aliphatic heterocycles. The monoisotopic (exact) mass is 360 g/mol. The van der Waals surface area contributed by atoms with Gasteiger partial charge in [-0.25, -0.2) is 4.98 Å². The second-order valence-corrected chi connectivity index (χ2v) is 7.44. The Balaban J connectivity index is 1.60. The van der Waals surface area contributed by atoms with E-state index in [1.807, 2.05) is 25.1 Å². The highest BCUT2D eigenvalue weighted by molar-refractivity contribution is 7.11. The smallest absolute Gasteiger partial charge is 0.227 e. The van der Waals surface area contributed by atoms with Crippen molar-refractivity contribution in [1.29, 1.82) is 0 Å². The topological polar surface area (TPSA) is 60.5 Å². The summed E-state index contributed by atoms with van der Waals surface area (Å²) in [4.78, 5) is 18.2. The van der Waals surface area contributed by atoms with Crippen molar-refractivity contribution in [3.63, 3.8) is 0 Å². The van der Waals surface area contributed by atoms with E-state index in [-0.39, 0.29) is 11.8 Å². The summed E-state index contributed by atoms with van der Waals surface area (Å²) >= 11 is 1.69. The van der Waals surface area contributed by atoms with Crippen LogP contribution in [0.3, 0.4) is 0 Å². The molecule has 1 aromatic carbocycles. The third-order valence-electron chi connectivity index (χ3n) is 4.37. The van der Waals surface area contributed by atoms with Gasteiger partial charge in [0.25, 0.3) is 0 Å². The Morgan fingerprint density at radius 2 is 2.32 bits per heavy atom. The molecule has 0 unspecified atom stereocenters. The Morgan fingerprint density at radius 1 is 1.48 bits per heavy atom. The first-order chi connectivity index (χ1) is 12.1. The molecule has 0 saturated carbocycles. The molecule has 25 heavy (non-hydrogen) atoms. The highest BCUT2D eigenvalue weighted by Crippen LogP contribution is 2.30. The summed E-state index contributed by atoms with van der Waals surface area (Å²) in [7, 11) is 1.64. The van der Waals surface area contributed by atoms with Gasteiger partial charge in [0, 0.05) is 4.88 Å². The first-order valence-corrected chi connectivity index (χ1v) is 9.45. The maximum Gasteiger partial charge on any atom is 0.227 e. The Bertz CT molecular complexity index is 757. The predicted octanol–water partition coefficient (Wildman–Crippen LogP) is 3.28. The van der Waals surface area contributed by atoms with Crippen LogP contribution in [0.1, 0.15) is 34.5 Å². The van der Waals surface area contributed by atoms with Crippen molar-refractivity contribution in [2.75, 3.05) is 13.7 Å². The third kappa shape index (κ3) is 4.12. The van der Waals surface area contributed by atoms with Gasteiger partial charge in [0.1, 0.15) is 18.1 Å². The first-order valence-electron chi connectivity index (χ1n) is 8.63. The lowest BCUT2D eigenvalue weighted by atomic mass is 9.96. The highest BCUT2D eigenvalue weighted by Gasteiger charge is 2.26. The van der Waals surface area contributed by atoms with Gasteiger partial charge in [-0.1, -0.05) is 6.92 Å². The zero-order valence-corrected chi connectivity index (χ0v) is 15.7. The molecule has 1 aromatic heterocycles. The highest BCUT2D eigenvalue weighted by atomic mass is 32.1. The van der Waals surface area contributed by atoms with E-state index in [0.717, 1.165) is 45.5 Å². The SMILES string of the molecule is CCCc1nc(C)c(CNC(=O)[C@H]2COc3ccc(OC)cc3C2)s1. The Kier molecular flexibility index (Phi) is 5.58. The number of rotatable bonds is 6. The molecule has 2 heterocycles. The Hall–Kier alpha value is -2.08. The molecule has 0 aliphatic carbocycles. The number of carbonyl (C=O) groups excluding carboxylic acids is 1. The molecule has 5 nitrogen and oxygen atoms in total. The van der Waals surface area contributed by atoms with Gasteiger partial charge in [-0.15, -0.1) is 11.3 Å². The molecular weight excluding hydrogens is 336 g/mol. The summed E-state index contributed by atoms with van der Waals surface area (Å²) in [5.74, 6) is 1.47. The summed E-state index contributed by atoms with van der Waals surface area (Å²) in [6.07, 6.45) is 2.75. The van der Waals surface area contributed by atoms with Gasteiger partial charge >= 0.3 is 0 Å². The molecule has 0 spiro atoms. The lowest BCUT2D eigenvalue weighted by molar-refractivity contribution is -0.126. The van der Waals surface area contributed by atoms with Crippen LogP contribution in [0.15, 0.2) is 18.2 Å². The molecule has 1 N–H and O–H groups in total. The molecule has 6 heteroatoms. The van der Waals surface area contributed by atoms with Crippen LogP contribution < -0.4 is 14.8 Å². The average molecular weight is 360 g/mol. The summed E-state index contributed by atoms with van der Waals surface area (Å²) in [5.41, 5.74) is 2.04. The molecule has 1 atom stereocenters. The predicted molar refractivity (Wildman–Crippen MR) is 98.4 cm³/mol. The van der Waals surface area contributed by atoms with Crippen LogP contribution in [0.5, 0.6) is 11.5 Å². The lowest BCUT2D eigenvalue weighted by Crippen LogP contribution is -2.37. The van der Waals surface area contributed by atoms with E-state index in [1.165, 1.54) is 0 Å². The van der Waals surface area contributed by atoms with E-state index in [0.29, 0.717) is 19.6 Å². The van der Waals surface area contributed by atoms with Crippen LogP contribution in [0, 0.1) is 12.8 Å². The van der Waals surface area contributed by atoms with Gasteiger partial charge in [-0.3, -0.25) is 4.79 Å². The second kappa shape index (κ2) is 7.87. The van der Waals surface area contributed by atoms with Crippen LogP contribution in [-0.2, 0) is 24.2 Å². The van der Waals surface area contributed by atoms with Crippen molar-refractivity contribution < 1.29 is 14.3 Å². The van der Waals surface area contributed by atoms with E-state index in [1.54, 1.807) is 18.4 Å². The summed E-state index contributed by atoms with van der Waals surface area (Å²) in [5, 5.41) is 4.19. The van der Waals surface area contributed by atoms with Crippen molar-refractivity contribution >= 4 is 17.2 Å². The van der Waals surface area contributed by atoms with Gasteiger partial charge in [0.2, 0.25) is 5.91 Å². The molecule has 0 bridgehead atoms. The fraction of sp³-hybridized carbons (Fsp3) is 0.474. The summed E-state index contributed by atoms with van der Waals surface area (Å²) in [6.45, 7) is 5.10. The fourth-order valence-corrected chi connectivity index (χ4v) is 4.06. The number of benzene rings is 1. The molecule has 2 aromatic rings. The number of hydrogen-bond acceptors (Lipinski definition) is 5. The van der Waals surface area contributed by atoms with E-state index < -0.39 is 0 Å². The lowest BCUT2D eigenvalue weighted by Gasteiger charge is -2.25. The van der Waals surface area contributed by atoms with Crippen LogP contribution in [0.2, 0.25) is 0 Å². The minimum atomic E-state index is -0.178. The van der Waals surface area contributed by atoms with Gasteiger partial charge in [-0.05, 0) is 49.9 Å². The van der Waals surface area contributed by atoms with Crippen molar-refractivity contribution in [1.82, 2.24) is 10.3 Å². The molecule has 0 saturated heterocycles. The van der Waals surface area contributed by atoms with Crippen LogP contribution in [-0.4, -0.2) is 24.6 Å². The normalized spacial score (nSPS) is 16.0. The molecule has 1 aliphatic rings. The molecule has 0 radical (unpaired) electrons. The minimum absolute atomic E-state index is 0.0262. The number of nitrogens with one attached hydrogen (secondary N) is 1. The van der Waals surface area contributed by atoms with Crippen LogP contribution in [0.25, 0.3) is 0 Å². The van der Waals surface area contributed by atoms with Crippen molar-refractivity contribution in [2.24, 2.45) is 5.92 Å². The molecule has 1 amide bonds. The van der Waals surface area contributed by atoms with E-state index >= 15 is 0 Å². The number of fused-ring (bicyclic) bond motifs is 1. The number of ether oxygens (including phenoxy) is 2. The Labute approximate surface area is 152 Å². The van der Waals surface area contributed by atoms with Gasteiger partial charge in [0.05, 0.1) is 30.3 Å². The van der Waals surface area contributed by atoms with Crippen molar-refractivity contribution in [3.05, 3.63) is 39.3 Å². The number of aryl methyl sites for hydroxylation is 2. The first kappa shape index (κ1) is 17.7. The number of nitrogens with zero attached hydrogens (tertiary/aromatic N) is 1. The average Bonchev–Trinajstić information content (AvgIpc) is 2.98. The maximum atomic E-state index is 12.5. The largest absolute Gasteiger partial charge is 0.497 e. The van der Waals surface area contributed by atoms with Crippen LogP contribution in [0.4, 0.5) is 0 Å². The van der Waals surface area contributed by atoms with E-state index in [2.05, 4.69) is 17.2 Å². The molecule has 134 valence electrons. The van der Waals surface area contributed by atoms with Crippen molar-refractivity contribution in [3.8, 4) is 11.5 Å². The standard InChI is InChI=1S/C19H24N2O3S/c1-4-5-18-21-12(2)17(25-18)10-20-19(22)14-8-13-9-15(23-3)6-7-16(13)24-11-14/h6-7,9,14H,4-5,8,10-11H2,1-3H3,(H,20,22)/t14-/m1/s1. The number of thiazole rings is 1. The zero-order chi connectivity index (χ0) is 17.8. The summed E-state index contributed by atoms with van der Waals surface area (Å²) in [6, 6.07) is 5.72. The number of methoxy groups -OCH3 is 1. The number of amides is 1. The van der Waals surface area contributed by atoms with Crippen molar-refractivity contribution in [2.45, 2.75) is 39.7 Å². The van der Waals surface area contributed by atoms with Gasteiger partial charge < -0.3 is 14.8 Å². The quantitative estimate of drug-likeness (QED) is 0.859. The second-order valence-electron chi connectivity index (χ2n) is 6.27. The Morgan fingerprint density at radius 3 is 3.08 bits per heavy atom. The molecule has 3 rings (SSSR count). The number of aromatic nitrogens is 1. The molecular formula is C19H24N2O3S. The summed E-state index contributed by atoms with van der Waals surface area (Å²) < 4.78 is 11.0. The fourth-order valence-electron chi connectivity index (χ4n) is 2.95. The van der Waals surface area contributed by atoms with Gasteiger partial charge in [0.15, 0.2) is 0 Å². The third-order valence-corrected chi connectivity index (χ3v) is 5.59. The zero-order valence-electron chi connectivity index (χ0n) is 14.9. The maximum absolute atomic E-state index is 12.5. The number of carbonyl (C=O) groups is 1. The van der Waals surface area contributed by atoms with Gasteiger partial charge in [-0.2, -0.15) is 0 Å². The van der Waals surface area contributed by atoms with E-state index in [4.69, 9.17) is 9.47 Å². The minimum Gasteiger partial charge on any atom is -0.497 e. The molecule has 0 fully saturated rings. The van der Waals surface area contributed by atoms with E-state index in [9.17, 15) is 4.79 Å². The van der Waals surface area contributed by atoms with Crippen LogP contribution >= 0.6 is 11.3 Å².